The van der Waals surface area contributed by atoms with E-state index in [1.807, 2.05) is 30.3 Å². The molecule has 0 radical (unpaired) electrons. The van der Waals surface area contributed by atoms with Crippen molar-refractivity contribution in [1.82, 2.24) is 9.97 Å². The van der Waals surface area contributed by atoms with Crippen LogP contribution in [-0.4, -0.2) is 23.0 Å². The fourth-order valence-electron chi connectivity index (χ4n) is 2.00. The van der Waals surface area contributed by atoms with E-state index in [1.165, 1.54) is 7.11 Å². The molecule has 2 aromatic carbocycles. The second-order valence-corrected chi connectivity index (χ2v) is 5.45. The van der Waals surface area contributed by atoms with Crippen molar-refractivity contribution in [3.63, 3.8) is 0 Å². The minimum absolute atomic E-state index is 0.157. The van der Waals surface area contributed by atoms with Gasteiger partial charge in [-0.1, -0.05) is 28.1 Å². The Bertz CT molecular complexity index is 834. The number of ether oxygens (including phenoxy) is 1. The van der Waals surface area contributed by atoms with Crippen molar-refractivity contribution in [2.45, 2.75) is 0 Å². The molecule has 1 amide bonds. The summed E-state index contributed by atoms with van der Waals surface area (Å²) in [4.78, 5) is 21.1. The van der Waals surface area contributed by atoms with Crippen molar-refractivity contribution >= 4 is 38.6 Å². The van der Waals surface area contributed by atoms with Crippen LogP contribution in [0.4, 0.5) is 5.69 Å². The molecule has 3 rings (SSSR count). The van der Waals surface area contributed by atoms with Crippen LogP contribution < -0.4 is 10.1 Å². The standard InChI is InChI=1S/C16H12BrN3O2/c1-22-16-14(19-12-4-2-3-5-13(12)20-16)15(21)18-11-8-6-10(17)7-9-11/h2-9H,1H3,(H,18,21). The van der Waals surface area contributed by atoms with E-state index in [-0.39, 0.29) is 17.5 Å². The van der Waals surface area contributed by atoms with Crippen molar-refractivity contribution in [2.75, 3.05) is 12.4 Å². The maximum atomic E-state index is 12.4. The van der Waals surface area contributed by atoms with Crippen molar-refractivity contribution in [3.05, 3.63) is 58.7 Å². The molecule has 6 heteroatoms. The molecule has 22 heavy (non-hydrogen) atoms. The Morgan fingerprint density at radius 1 is 1.05 bits per heavy atom. The number of anilines is 1. The number of nitrogens with zero attached hydrogens (tertiary/aromatic N) is 2. The van der Waals surface area contributed by atoms with Crippen LogP contribution in [0.15, 0.2) is 53.0 Å². The zero-order chi connectivity index (χ0) is 15.5. The third-order valence-electron chi connectivity index (χ3n) is 3.05. The van der Waals surface area contributed by atoms with E-state index in [1.54, 1.807) is 18.2 Å². The highest BCUT2D eigenvalue weighted by Crippen LogP contribution is 2.20. The molecule has 0 spiro atoms. The second kappa shape index (κ2) is 6.11. The maximum Gasteiger partial charge on any atom is 0.279 e. The fourth-order valence-corrected chi connectivity index (χ4v) is 2.26. The maximum absolute atomic E-state index is 12.4. The Hall–Kier alpha value is -2.47. The first kappa shape index (κ1) is 14.5. The van der Waals surface area contributed by atoms with Gasteiger partial charge < -0.3 is 10.1 Å². The number of benzene rings is 2. The van der Waals surface area contributed by atoms with Gasteiger partial charge in [0, 0.05) is 10.2 Å². The van der Waals surface area contributed by atoms with Gasteiger partial charge in [0.25, 0.3) is 5.91 Å². The van der Waals surface area contributed by atoms with Gasteiger partial charge in [-0.05, 0) is 36.4 Å². The predicted octanol–water partition coefficient (Wildman–Crippen LogP) is 3.65. The Balaban J connectivity index is 1.97. The fraction of sp³-hybridized carbons (Fsp3) is 0.0625. The van der Waals surface area contributed by atoms with Gasteiger partial charge in [-0.15, -0.1) is 0 Å². The van der Waals surface area contributed by atoms with E-state index in [9.17, 15) is 4.79 Å². The lowest BCUT2D eigenvalue weighted by Gasteiger charge is -2.09. The highest BCUT2D eigenvalue weighted by Gasteiger charge is 2.17. The summed E-state index contributed by atoms with van der Waals surface area (Å²) in [6.45, 7) is 0. The molecule has 0 bridgehead atoms. The number of para-hydroxylation sites is 2. The van der Waals surface area contributed by atoms with Crippen LogP contribution in [0.5, 0.6) is 5.88 Å². The number of nitrogens with one attached hydrogen (secondary N) is 1. The smallest absolute Gasteiger partial charge is 0.279 e. The molecule has 0 aliphatic heterocycles. The number of amides is 1. The zero-order valence-electron chi connectivity index (χ0n) is 11.7. The van der Waals surface area contributed by atoms with Crippen molar-refractivity contribution in [3.8, 4) is 5.88 Å². The van der Waals surface area contributed by atoms with Gasteiger partial charge in [0.2, 0.25) is 5.88 Å². The van der Waals surface area contributed by atoms with Gasteiger partial charge in [0.05, 0.1) is 18.1 Å². The summed E-state index contributed by atoms with van der Waals surface area (Å²) < 4.78 is 6.13. The number of carbonyl (C=O) groups excluding carboxylic acids is 1. The van der Waals surface area contributed by atoms with Crippen molar-refractivity contribution < 1.29 is 9.53 Å². The number of rotatable bonds is 3. The van der Waals surface area contributed by atoms with Gasteiger partial charge in [-0.3, -0.25) is 4.79 Å². The molecule has 110 valence electrons. The van der Waals surface area contributed by atoms with Crippen LogP contribution in [0.3, 0.4) is 0 Å². The summed E-state index contributed by atoms with van der Waals surface area (Å²) in [6.07, 6.45) is 0. The molecule has 1 N–H and O–H groups in total. The average molecular weight is 358 g/mol. The highest BCUT2D eigenvalue weighted by atomic mass is 79.9. The molecule has 0 aliphatic rings. The summed E-state index contributed by atoms with van der Waals surface area (Å²) in [5.74, 6) is -0.161. The molecule has 5 nitrogen and oxygen atoms in total. The molecule has 1 aromatic heterocycles. The van der Waals surface area contributed by atoms with Gasteiger partial charge in [-0.2, -0.15) is 0 Å². The molecule has 0 atom stereocenters. The summed E-state index contributed by atoms with van der Waals surface area (Å²) in [6, 6.07) is 14.6. The van der Waals surface area contributed by atoms with Crippen molar-refractivity contribution in [2.24, 2.45) is 0 Å². The molecule has 0 aliphatic carbocycles. The summed E-state index contributed by atoms with van der Waals surface area (Å²) >= 11 is 3.35. The lowest BCUT2D eigenvalue weighted by molar-refractivity contribution is 0.101. The van der Waals surface area contributed by atoms with E-state index in [4.69, 9.17) is 4.74 Å². The van der Waals surface area contributed by atoms with Crippen LogP contribution in [-0.2, 0) is 0 Å². The van der Waals surface area contributed by atoms with Crippen LogP contribution in [0, 0.1) is 0 Å². The summed E-state index contributed by atoms with van der Waals surface area (Å²) in [7, 11) is 1.47. The van der Waals surface area contributed by atoms with E-state index < -0.39 is 0 Å². The number of hydrogen-bond acceptors (Lipinski definition) is 4. The molecule has 0 saturated heterocycles. The molecular formula is C16H12BrN3O2. The van der Waals surface area contributed by atoms with Gasteiger partial charge in [-0.25, -0.2) is 9.97 Å². The largest absolute Gasteiger partial charge is 0.479 e. The van der Waals surface area contributed by atoms with Crippen LogP contribution in [0.2, 0.25) is 0 Å². The Morgan fingerprint density at radius 2 is 1.68 bits per heavy atom. The molecule has 0 saturated carbocycles. The normalized spacial score (nSPS) is 10.5. The third-order valence-corrected chi connectivity index (χ3v) is 3.58. The molecule has 1 heterocycles. The average Bonchev–Trinajstić information content (AvgIpc) is 2.55. The molecule has 3 aromatic rings. The Labute approximate surface area is 135 Å². The SMILES string of the molecule is COc1nc2ccccc2nc1C(=O)Nc1ccc(Br)cc1. The first-order valence-corrected chi connectivity index (χ1v) is 7.34. The first-order valence-electron chi connectivity index (χ1n) is 6.55. The third kappa shape index (κ3) is 2.92. The first-order chi connectivity index (χ1) is 10.7. The molecule has 0 unspecified atom stereocenters. The minimum atomic E-state index is -0.363. The molecule has 0 fully saturated rings. The number of methoxy groups -OCH3 is 1. The monoisotopic (exact) mass is 357 g/mol. The van der Waals surface area contributed by atoms with E-state index in [0.717, 1.165) is 4.47 Å². The number of hydrogen-bond donors (Lipinski definition) is 1. The Kier molecular flexibility index (Phi) is 4.02. The van der Waals surface area contributed by atoms with Gasteiger partial charge >= 0.3 is 0 Å². The summed E-state index contributed by atoms with van der Waals surface area (Å²) in [5.41, 5.74) is 2.15. The number of aromatic nitrogens is 2. The van der Waals surface area contributed by atoms with Crippen LogP contribution >= 0.6 is 15.9 Å². The number of fused-ring (bicyclic) bond motifs is 1. The number of halogens is 1. The summed E-state index contributed by atoms with van der Waals surface area (Å²) in [5, 5.41) is 2.78. The van der Waals surface area contributed by atoms with Crippen molar-refractivity contribution in [1.29, 1.82) is 0 Å². The van der Waals surface area contributed by atoms with Gasteiger partial charge in [0.1, 0.15) is 0 Å². The van der Waals surface area contributed by atoms with E-state index in [0.29, 0.717) is 16.7 Å². The highest BCUT2D eigenvalue weighted by molar-refractivity contribution is 9.10. The lowest BCUT2D eigenvalue weighted by atomic mass is 10.2. The second-order valence-electron chi connectivity index (χ2n) is 4.53. The lowest BCUT2D eigenvalue weighted by Crippen LogP contribution is -2.16. The van der Waals surface area contributed by atoms with Crippen LogP contribution in [0.1, 0.15) is 10.5 Å². The Morgan fingerprint density at radius 3 is 2.32 bits per heavy atom. The zero-order valence-corrected chi connectivity index (χ0v) is 13.3. The van der Waals surface area contributed by atoms with Crippen LogP contribution in [0.25, 0.3) is 11.0 Å². The predicted molar refractivity (Wildman–Crippen MR) is 88.2 cm³/mol. The van der Waals surface area contributed by atoms with E-state index >= 15 is 0 Å². The van der Waals surface area contributed by atoms with E-state index in [2.05, 4.69) is 31.2 Å². The quantitative estimate of drug-likeness (QED) is 0.776. The number of carbonyl (C=O) groups is 1. The van der Waals surface area contributed by atoms with Gasteiger partial charge in [0.15, 0.2) is 5.69 Å². The minimum Gasteiger partial charge on any atom is -0.479 e. The topological polar surface area (TPSA) is 64.1 Å². The molecular weight excluding hydrogens is 346 g/mol.